The number of hydrogen-bond donors (Lipinski definition) is 0. The van der Waals surface area contributed by atoms with Crippen molar-refractivity contribution >= 4 is 34.2 Å². The van der Waals surface area contributed by atoms with Crippen molar-refractivity contribution in [1.82, 2.24) is 0 Å². The van der Waals surface area contributed by atoms with Crippen LogP contribution >= 0.6 is 23.2 Å². The first-order chi connectivity index (χ1) is 9.22. The molecule has 1 heterocycles. The molecular weight excluding hydrogens is 283 g/mol. The van der Waals surface area contributed by atoms with Crippen LogP contribution in [0.25, 0.3) is 11.0 Å². The maximum absolute atomic E-state index is 6.03. The molecule has 3 rings (SSSR count). The van der Waals surface area contributed by atoms with E-state index in [9.17, 15) is 0 Å². The third-order valence-electron chi connectivity index (χ3n) is 2.74. The van der Waals surface area contributed by atoms with Gasteiger partial charge in [-0.05, 0) is 30.3 Å². The van der Waals surface area contributed by atoms with Crippen LogP contribution in [-0.4, -0.2) is 0 Å². The first kappa shape index (κ1) is 12.4. The molecule has 0 saturated heterocycles. The summed E-state index contributed by atoms with van der Waals surface area (Å²) in [6.07, 6.45) is 0. The molecule has 0 fully saturated rings. The van der Waals surface area contributed by atoms with Crippen molar-refractivity contribution in [3.8, 4) is 5.75 Å². The van der Waals surface area contributed by atoms with Gasteiger partial charge < -0.3 is 9.15 Å². The number of fused-ring (bicyclic) bond motifs is 1. The van der Waals surface area contributed by atoms with Crippen LogP contribution in [0.4, 0.5) is 0 Å². The second-order valence-electron chi connectivity index (χ2n) is 4.11. The third-order valence-corrected chi connectivity index (χ3v) is 3.27. The molecule has 0 spiro atoms. The predicted octanol–water partition coefficient (Wildman–Crippen LogP) is 5.32. The van der Waals surface area contributed by atoms with Gasteiger partial charge in [-0.25, -0.2) is 0 Å². The fourth-order valence-corrected chi connectivity index (χ4v) is 2.31. The van der Waals surface area contributed by atoms with E-state index in [0.29, 0.717) is 22.4 Å². The average Bonchev–Trinajstić information content (AvgIpc) is 2.80. The molecule has 3 aromatic rings. The number of furan rings is 1. The van der Waals surface area contributed by atoms with Crippen LogP contribution in [0.1, 0.15) is 5.76 Å². The van der Waals surface area contributed by atoms with Crippen molar-refractivity contribution in [2.75, 3.05) is 0 Å². The minimum Gasteiger partial charge on any atom is -0.484 e. The molecule has 0 N–H and O–H groups in total. The van der Waals surface area contributed by atoms with Gasteiger partial charge in [0.05, 0.1) is 5.02 Å². The number of hydrogen-bond acceptors (Lipinski definition) is 2. The Labute approximate surface area is 120 Å². The Morgan fingerprint density at radius 1 is 1.00 bits per heavy atom. The van der Waals surface area contributed by atoms with E-state index in [4.69, 9.17) is 32.4 Å². The largest absolute Gasteiger partial charge is 0.484 e. The molecule has 19 heavy (non-hydrogen) atoms. The molecule has 0 aliphatic rings. The Balaban J connectivity index is 1.78. The summed E-state index contributed by atoms with van der Waals surface area (Å²) in [6.45, 7) is 0.329. The maximum atomic E-state index is 6.03. The molecule has 4 heteroatoms. The van der Waals surface area contributed by atoms with Gasteiger partial charge in [-0.3, -0.25) is 0 Å². The van der Waals surface area contributed by atoms with Crippen molar-refractivity contribution in [3.63, 3.8) is 0 Å². The van der Waals surface area contributed by atoms with E-state index in [1.165, 1.54) is 0 Å². The Hall–Kier alpha value is -1.64. The van der Waals surface area contributed by atoms with E-state index >= 15 is 0 Å². The monoisotopic (exact) mass is 292 g/mol. The van der Waals surface area contributed by atoms with Crippen molar-refractivity contribution in [1.29, 1.82) is 0 Å². The number of rotatable bonds is 3. The number of ether oxygens (including phenoxy) is 1. The van der Waals surface area contributed by atoms with Gasteiger partial charge in [-0.2, -0.15) is 0 Å². The molecule has 1 aromatic heterocycles. The summed E-state index contributed by atoms with van der Waals surface area (Å²) in [5.41, 5.74) is 0.850. The maximum Gasteiger partial charge on any atom is 0.146 e. The summed E-state index contributed by atoms with van der Waals surface area (Å²) < 4.78 is 11.3. The zero-order valence-electron chi connectivity index (χ0n) is 9.90. The third kappa shape index (κ3) is 2.70. The second-order valence-corrected chi connectivity index (χ2v) is 4.96. The summed E-state index contributed by atoms with van der Waals surface area (Å²) >= 11 is 11.9. The van der Waals surface area contributed by atoms with Gasteiger partial charge >= 0.3 is 0 Å². The van der Waals surface area contributed by atoms with E-state index in [-0.39, 0.29) is 0 Å². The van der Waals surface area contributed by atoms with E-state index in [1.54, 1.807) is 18.2 Å². The first-order valence-corrected chi connectivity index (χ1v) is 6.53. The van der Waals surface area contributed by atoms with Crippen molar-refractivity contribution in [2.24, 2.45) is 0 Å². The molecule has 0 bridgehead atoms. The van der Waals surface area contributed by atoms with Crippen molar-refractivity contribution in [2.45, 2.75) is 6.61 Å². The number of halogens is 2. The summed E-state index contributed by atoms with van der Waals surface area (Å²) in [4.78, 5) is 0. The SMILES string of the molecule is Clc1ccc(OCc2cc3ccccc3o2)c(Cl)c1. The topological polar surface area (TPSA) is 22.4 Å². The normalized spacial score (nSPS) is 10.8. The molecule has 0 atom stereocenters. The number of benzene rings is 2. The van der Waals surface area contributed by atoms with Gasteiger partial charge in [0, 0.05) is 10.4 Å². The molecule has 0 saturated carbocycles. The van der Waals surface area contributed by atoms with Crippen molar-refractivity contribution < 1.29 is 9.15 Å². The highest BCUT2D eigenvalue weighted by Gasteiger charge is 2.06. The molecule has 0 amide bonds. The summed E-state index contributed by atoms with van der Waals surface area (Å²) in [6, 6.07) is 14.9. The lowest BCUT2D eigenvalue weighted by molar-refractivity contribution is 0.274. The van der Waals surface area contributed by atoms with Crippen LogP contribution in [0.2, 0.25) is 10.0 Å². The van der Waals surface area contributed by atoms with E-state index in [1.807, 2.05) is 30.3 Å². The van der Waals surface area contributed by atoms with Crippen LogP contribution in [0.3, 0.4) is 0 Å². The lowest BCUT2D eigenvalue weighted by Gasteiger charge is -2.06. The van der Waals surface area contributed by atoms with E-state index in [2.05, 4.69) is 0 Å². The lowest BCUT2D eigenvalue weighted by atomic mass is 10.2. The van der Waals surface area contributed by atoms with E-state index in [0.717, 1.165) is 16.7 Å². The number of para-hydroxylation sites is 1. The molecule has 0 aliphatic carbocycles. The Morgan fingerprint density at radius 2 is 1.84 bits per heavy atom. The summed E-state index contributed by atoms with van der Waals surface area (Å²) in [5.74, 6) is 1.35. The molecule has 0 aliphatic heterocycles. The van der Waals surface area contributed by atoms with Gasteiger partial charge in [0.2, 0.25) is 0 Å². The van der Waals surface area contributed by atoms with Gasteiger partial charge in [0.1, 0.15) is 23.7 Å². The van der Waals surface area contributed by atoms with Crippen LogP contribution < -0.4 is 4.74 Å². The van der Waals surface area contributed by atoms with Gasteiger partial charge in [0.25, 0.3) is 0 Å². The molecule has 0 unspecified atom stereocenters. The summed E-state index contributed by atoms with van der Waals surface area (Å²) in [5, 5.41) is 2.13. The van der Waals surface area contributed by atoms with Gasteiger partial charge in [-0.1, -0.05) is 41.4 Å². The minimum absolute atomic E-state index is 0.329. The molecule has 2 aromatic carbocycles. The van der Waals surface area contributed by atoms with Crippen LogP contribution in [0, 0.1) is 0 Å². The smallest absolute Gasteiger partial charge is 0.146 e. The Morgan fingerprint density at radius 3 is 2.63 bits per heavy atom. The molecule has 0 radical (unpaired) electrons. The lowest BCUT2D eigenvalue weighted by Crippen LogP contribution is -1.94. The van der Waals surface area contributed by atoms with Gasteiger partial charge in [-0.15, -0.1) is 0 Å². The zero-order valence-corrected chi connectivity index (χ0v) is 11.4. The first-order valence-electron chi connectivity index (χ1n) is 5.78. The second kappa shape index (κ2) is 5.16. The fourth-order valence-electron chi connectivity index (χ4n) is 1.85. The minimum atomic E-state index is 0.329. The summed E-state index contributed by atoms with van der Waals surface area (Å²) in [7, 11) is 0. The Bertz CT molecular complexity index is 686. The molecular formula is C15H10Cl2O2. The fraction of sp³-hybridized carbons (Fsp3) is 0.0667. The molecule has 96 valence electrons. The van der Waals surface area contributed by atoms with Gasteiger partial charge in [0.15, 0.2) is 0 Å². The quantitative estimate of drug-likeness (QED) is 0.652. The van der Waals surface area contributed by atoms with E-state index < -0.39 is 0 Å². The van der Waals surface area contributed by atoms with Crippen LogP contribution in [-0.2, 0) is 6.61 Å². The standard InChI is InChI=1S/C15H10Cl2O2/c16-11-5-6-15(13(17)8-11)18-9-12-7-10-3-1-2-4-14(10)19-12/h1-8H,9H2. The Kier molecular flexibility index (Phi) is 3.36. The highest BCUT2D eigenvalue weighted by molar-refractivity contribution is 6.35. The highest BCUT2D eigenvalue weighted by Crippen LogP contribution is 2.28. The predicted molar refractivity (Wildman–Crippen MR) is 77.0 cm³/mol. The molecule has 2 nitrogen and oxygen atoms in total. The van der Waals surface area contributed by atoms with Crippen molar-refractivity contribution in [3.05, 3.63) is 64.3 Å². The zero-order chi connectivity index (χ0) is 13.2. The van der Waals surface area contributed by atoms with Crippen LogP contribution in [0.5, 0.6) is 5.75 Å². The van der Waals surface area contributed by atoms with Crippen LogP contribution in [0.15, 0.2) is 52.9 Å². The highest BCUT2D eigenvalue weighted by atomic mass is 35.5. The average molecular weight is 293 g/mol.